The van der Waals surface area contributed by atoms with Gasteiger partial charge in [0.2, 0.25) is 11.6 Å². The number of fused-ring (bicyclic) bond motifs is 2. The normalized spacial score (nSPS) is 27.8. The van der Waals surface area contributed by atoms with Gasteiger partial charge in [0, 0.05) is 51.4 Å². The highest BCUT2D eigenvalue weighted by atomic mass is 125. The molecule has 6 atom stereocenters. The minimum Gasteiger partial charge on any atom is -0.439 e. The third-order valence-corrected chi connectivity index (χ3v) is 9.67. The number of amides is 2. The second kappa shape index (κ2) is 18.8. The van der Waals surface area contributed by atoms with Crippen molar-refractivity contribution in [2.45, 2.75) is 65.0 Å². The summed E-state index contributed by atoms with van der Waals surface area (Å²) in [4.78, 5) is 70.8. The highest BCUT2D eigenvalue weighted by Crippen LogP contribution is 2.31. The number of carbonyl (C=O) groups excluding carboxylic acids is 5. The third kappa shape index (κ3) is 10.3. The summed E-state index contributed by atoms with van der Waals surface area (Å²) < 4.78 is 17.1. The predicted molar refractivity (Wildman–Crippen MR) is 200 cm³/mol. The molecule has 0 spiro atoms. The highest BCUT2D eigenvalue weighted by molar-refractivity contribution is 14.1. The Labute approximate surface area is 315 Å². The lowest BCUT2D eigenvalue weighted by Gasteiger charge is -2.30. The van der Waals surface area contributed by atoms with E-state index in [-0.39, 0.29) is 46.9 Å². The van der Waals surface area contributed by atoms with E-state index in [0.717, 1.165) is 11.0 Å². The monoisotopic (exact) mass is 828 g/mol. The number of hydrogen-bond donors (Lipinski definition) is 3. The molecule has 16 heteroatoms. The van der Waals surface area contributed by atoms with Gasteiger partial charge in [-0.3, -0.25) is 24.1 Å². The average molecular weight is 829 g/mol. The number of aliphatic hydroxyl groups is 1. The summed E-state index contributed by atoms with van der Waals surface area (Å²) in [5.74, 6) is -3.61. The van der Waals surface area contributed by atoms with Crippen molar-refractivity contribution in [2.75, 3.05) is 20.8 Å². The predicted octanol–water partition coefficient (Wildman–Crippen LogP) is 4.86. The number of rotatable bonds is 7. The molecule has 1 aromatic rings. The second-order valence-electron chi connectivity index (χ2n) is 12.7. The molecule has 1 heterocycles. The number of ether oxygens (including phenoxy) is 3. The van der Waals surface area contributed by atoms with E-state index in [1.54, 1.807) is 26.8 Å². The van der Waals surface area contributed by atoms with Crippen molar-refractivity contribution in [3.63, 3.8) is 0 Å². The van der Waals surface area contributed by atoms with Crippen LogP contribution < -0.4 is 11.5 Å². The minimum absolute atomic E-state index is 0.000221. The van der Waals surface area contributed by atoms with Crippen LogP contribution in [0.5, 0.6) is 0 Å². The fraction of sp³-hybridized carbons (Fsp3) is 0.417. The van der Waals surface area contributed by atoms with E-state index in [1.807, 2.05) is 22.6 Å². The van der Waals surface area contributed by atoms with Gasteiger partial charge in [0.1, 0.15) is 6.10 Å². The van der Waals surface area contributed by atoms with E-state index < -0.39 is 66.2 Å². The number of carbonyl (C=O) groups is 5. The Bertz CT molecular complexity index is 1810. The van der Waals surface area contributed by atoms with Crippen LogP contribution in [0.3, 0.4) is 0 Å². The molecule has 15 nitrogen and oxygen atoms in total. The largest absolute Gasteiger partial charge is 0.439 e. The number of Topliss-reactive ketones (excluding diaryl/α,β-unsaturated/α-hetero) is 2. The maximum atomic E-state index is 14.1. The smallest absolute Gasteiger partial charge is 0.405 e. The molecule has 2 bridgehead atoms. The topological polar surface area (TPSA) is 237 Å². The molecule has 0 saturated carbocycles. The quantitative estimate of drug-likeness (QED) is 0.0642. The lowest BCUT2D eigenvalue weighted by molar-refractivity contribution is -0.128. The number of azide groups is 1. The summed E-state index contributed by atoms with van der Waals surface area (Å²) in [5, 5.41) is 14.9. The summed E-state index contributed by atoms with van der Waals surface area (Å²) in [7, 11) is 2.83. The zero-order valence-corrected chi connectivity index (χ0v) is 31.9. The molecule has 2 amide bonds. The molecule has 278 valence electrons. The molecule has 2 aliphatic rings. The number of ketones is 3. The molecule has 0 unspecified atom stereocenters. The van der Waals surface area contributed by atoms with Gasteiger partial charge in [-0.05, 0) is 72.4 Å². The van der Waals surface area contributed by atoms with E-state index in [2.05, 4.69) is 10.0 Å². The van der Waals surface area contributed by atoms with E-state index >= 15 is 0 Å². The van der Waals surface area contributed by atoms with Crippen molar-refractivity contribution in [3.8, 4) is 0 Å². The van der Waals surface area contributed by atoms with Crippen molar-refractivity contribution in [2.24, 2.45) is 28.4 Å². The van der Waals surface area contributed by atoms with Gasteiger partial charge >= 0.3 is 6.09 Å². The van der Waals surface area contributed by atoms with Crippen LogP contribution in [0, 0.1) is 15.4 Å². The number of nitrogens with two attached hydrogens (primary N) is 2. The van der Waals surface area contributed by atoms with Crippen molar-refractivity contribution < 1.29 is 43.3 Å². The Morgan fingerprint density at radius 2 is 1.85 bits per heavy atom. The number of allylic oxidation sites excluding steroid dienone is 4. The Kier molecular flexibility index (Phi) is 15.1. The maximum absolute atomic E-state index is 14.1. The Hall–Kier alpha value is -4.61. The molecular formula is C36H43IN6O9. The second-order valence-corrected chi connectivity index (χ2v) is 13.8. The van der Waals surface area contributed by atoms with Crippen molar-refractivity contribution in [1.82, 2.24) is 4.90 Å². The van der Waals surface area contributed by atoms with Gasteiger partial charge in [-0.2, -0.15) is 0 Å². The van der Waals surface area contributed by atoms with Crippen LogP contribution in [-0.4, -0.2) is 84.5 Å². The molecule has 52 heavy (non-hydrogen) atoms. The first kappa shape index (κ1) is 41.8. The fourth-order valence-corrected chi connectivity index (χ4v) is 6.62. The highest BCUT2D eigenvalue weighted by Gasteiger charge is 2.36. The fourth-order valence-electron chi connectivity index (χ4n) is 6.00. The van der Waals surface area contributed by atoms with Gasteiger partial charge in [0.25, 0.3) is 5.91 Å². The van der Waals surface area contributed by atoms with Crippen molar-refractivity contribution >= 4 is 57.6 Å². The number of halogens is 1. The Morgan fingerprint density at radius 1 is 1.15 bits per heavy atom. The summed E-state index contributed by atoms with van der Waals surface area (Å²) in [6.07, 6.45) is 2.58. The van der Waals surface area contributed by atoms with Crippen LogP contribution in [0.1, 0.15) is 50.9 Å². The number of aliphatic hydroxyl groups excluding tert-OH is 1. The number of primary amides is 1. The molecule has 0 radical (unpaired) electrons. The van der Waals surface area contributed by atoms with Crippen LogP contribution in [0.2, 0.25) is 0 Å². The van der Waals surface area contributed by atoms with Crippen LogP contribution in [0.4, 0.5) is 10.5 Å². The van der Waals surface area contributed by atoms with Crippen LogP contribution in [0.25, 0.3) is 10.4 Å². The molecule has 5 N–H and O–H groups in total. The summed E-state index contributed by atoms with van der Waals surface area (Å²) in [6, 6.07) is 4.36. The first-order valence-corrected chi connectivity index (χ1v) is 17.3. The molecule has 1 aliphatic carbocycles. The van der Waals surface area contributed by atoms with Crippen LogP contribution >= 0.6 is 22.6 Å². The summed E-state index contributed by atoms with van der Waals surface area (Å²) in [6.45, 7) is 6.09. The zero-order chi connectivity index (χ0) is 38.9. The molecule has 0 aromatic heterocycles. The molecule has 0 fully saturated rings. The SMILES string of the molecule is CO[C@H]1/C=C\C=C(/C)C(=O)N(CC(=O)c2ccc(N=[N+]=[N-])c([125I])c2)C2=CC(=O)C(N)=C(C[C@@H](C)C[C@H](OC)[C@H](O)[C@@H](C)/C=C(\C)[C@@H]1OC(N)=O)C2=O. The van der Waals surface area contributed by atoms with Gasteiger partial charge in [-0.1, -0.05) is 55.4 Å². The Morgan fingerprint density at radius 3 is 2.44 bits per heavy atom. The third-order valence-electron chi connectivity index (χ3n) is 8.81. The van der Waals surface area contributed by atoms with Gasteiger partial charge in [0.15, 0.2) is 11.9 Å². The summed E-state index contributed by atoms with van der Waals surface area (Å²) in [5.41, 5.74) is 20.8. The summed E-state index contributed by atoms with van der Waals surface area (Å²) >= 11 is 1.91. The molecule has 3 rings (SSSR count). The maximum Gasteiger partial charge on any atom is 0.405 e. The average Bonchev–Trinajstić information content (AvgIpc) is 3.10. The van der Waals surface area contributed by atoms with E-state index in [9.17, 15) is 29.1 Å². The van der Waals surface area contributed by atoms with Gasteiger partial charge in [-0.15, -0.1) is 0 Å². The first-order valence-electron chi connectivity index (χ1n) is 16.3. The number of benzene rings is 1. The molecule has 1 aliphatic heterocycles. The molecular weight excluding hydrogens is 785 g/mol. The van der Waals surface area contributed by atoms with E-state index in [0.29, 0.717) is 14.8 Å². The van der Waals surface area contributed by atoms with Gasteiger partial charge in [0.05, 0.1) is 35.8 Å². The van der Waals surface area contributed by atoms with Crippen molar-refractivity contribution in [3.05, 3.63) is 96.3 Å². The first-order chi connectivity index (χ1) is 24.5. The Balaban J connectivity index is 2.20. The van der Waals surface area contributed by atoms with Crippen molar-refractivity contribution in [1.29, 1.82) is 0 Å². The number of hydrogen-bond acceptors (Lipinski definition) is 11. The van der Waals surface area contributed by atoms with E-state index in [1.165, 1.54) is 57.6 Å². The molecule has 0 saturated heterocycles. The van der Waals surface area contributed by atoms with Crippen LogP contribution in [0.15, 0.2) is 81.8 Å². The lowest BCUT2D eigenvalue weighted by Crippen LogP contribution is -2.41. The number of methoxy groups -OCH3 is 2. The number of nitrogens with zero attached hydrogens (tertiary/aromatic N) is 4. The van der Waals surface area contributed by atoms with Gasteiger partial charge in [-0.25, -0.2) is 4.79 Å². The van der Waals surface area contributed by atoms with E-state index in [4.69, 9.17) is 31.2 Å². The zero-order valence-electron chi connectivity index (χ0n) is 29.7. The lowest BCUT2D eigenvalue weighted by atomic mass is 9.85. The van der Waals surface area contributed by atoms with Gasteiger partial charge < -0.3 is 30.8 Å². The molecule has 1 aromatic carbocycles. The van der Waals surface area contributed by atoms with Crippen LogP contribution in [-0.2, 0) is 28.6 Å². The minimum atomic E-state index is -1.06. The standard InChI is InChI=1S/C36H43IN6O9/c1-18-12-23-31(38)27(44)16-26(33(23)47)43(17-28(45)22-10-11-25(41-42-40)24(37)15-22)35(48)19(2)8-7-9-29(50-5)34(52-36(39)49)21(4)14-20(3)32(46)30(13-18)51-6/h7-11,14-16,18,20,29-30,32,34,46H,12-13,17,38H2,1-6H3,(H2,39,49)/b9-7-,19-8+,21-14+/t18-,20+,29+,30+,32-,34+/m1/s1/i37-2.